The fraction of sp³-hybridized carbons (Fsp3) is 0.208. The van der Waals surface area contributed by atoms with Gasteiger partial charge in [-0.1, -0.05) is 54.9 Å². The second-order valence-electron chi connectivity index (χ2n) is 7.79. The Balaban J connectivity index is 1.91. The van der Waals surface area contributed by atoms with Crippen LogP contribution in [0.4, 0.5) is 5.82 Å². The summed E-state index contributed by atoms with van der Waals surface area (Å²) in [6, 6.07) is 14.8. The van der Waals surface area contributed by atoms with E-state index in [1.807, 2.05) is 24.3 Å². The van der Waals surface area contributed by atoms with Gasteiger partial charge in [0.25, 0.3) is 5.78 Å². The summed E-state index contributed by atoms with van der Waals surface area (Å²) in [6.45, 7) is 5.87. The number of carbonyl (C=O) groups excluding carboxylic acids is 2. The molecule has 31 heavy (non-hydrogen) atoms. The van der Waals surface area contributed by atoms with Crippen LogP contribution in [0.3, 0.4) is 0 Å². The summed E-state index contributed by atoms with van der Waals surface area (Å²) in [5.74, 6) is -0.785. The normalized spacial score (nSPS) is 18.2. The van der Waals surface area contributed by atoms with E-state index in [2.05, 4.69) is 19.0 Å². The molecule has 1 N–H and O–H groups in total. The van der Waals surface area contributed by atoms with Crippen molar-refractivity contribution in [1.29, 1.82) is 0 Å². The minimum absolute atomic E-state index is 0.00901. The fourth-order valence-corrected chi connectivity index (χ4v) is 3.80. The first kappa shape index (κ1) is 20.9. The molecule has 0 aliphatic carbocycles. The van der Waals surface area contributed by atoms with E-state index in [0.717, 1.165) is 5.56 Å². The van der Waals surface area contributed by atoms with Crippen LogP contribution >= 0.6 is 11.6 Å². The highest BCUT2D eigenvalue weighted by Crippen LogP contribution is 2.42. The second-order valence-corrected chi connectivity index (χ2v) is 8.23. The highest BCUT2D eigenvalue weighted by atomic mass is 35.5. The molecule has 0 unspecified atom stereocenters. The smallest absolute Gasteiger partial charge is 0.301 e. The number of benzene rings is 2. The molecule has 0 bridgehead atoms. The van der Waals surface area contributed by atoms with Crippen molar-refractivity contribution in [3.8, 4) is 0 Å². The molecule has 2 aromatic carbocycles. The molecule has 7 heteroatoms. The van der Waals surface area contributed by atoms with Gasteiger partial charge in [0.15, 0.2) is 5.82 Å². The number of carbonyl (C=O) groups is 2. The zero-order valence-corrected chi connectivity index (χ0v) is 18.1. The van der Waals surface area contributed by atoms with Gasteiger partial charge in [0.2, 0.25) is 0 Å². The SMILES string of the molecule is Cc1cc(N2C(=O)C(=O)/C(=C(/O)c3ccc(Cl)cc3)[C@H]2c2ccc(C(C)C)cc2)no1. The lowest BCUT2D eigenvalue weighted by atomic mass is 9.93. The molecule has 1 amide bonds. The number of hydrogen-bond donors (Lipinski definition) is 1. The molecule has 1 aliphatic rings. The number of aliphatic hydroxyl groups excluding tert-OH is 1. The Labute approximate surface area is 184 Å². The van der Waals surface area contributed by atoms with Crippen LogP contribution in [0, 0.1) is 6.92 Å². The number of amides is 1. The maximum Gasteiger partial charge on any atom is 0.301 e. The molecule has 3 aromatic rings. The van der Waals surface area contributed by atoms with Crippen molar-refractivity contribution >= 4 is 34.9 Å². The maximum atomic E-state index is 13.0. The lowest BCUT2D eigenvalue weighted by molar-refractivity contribution is -0.132. The number of aliphatic hydroxyl groups is 1. The summed E-state index contributed by atoms with van der Waals surface area (Å²) < 4.78 is 5.14. The Kier molecular flexibility index (Phi) is 5.41. The molecule has 2 heterocycles. The summed E-state index contributed by atoms with van der Waals surface area (Å²) in [4.78, 5) is 27.3. The molecule has 1 aliphatic heterocycles. The third-order valence-corrected chi connectivity index (χ3v) is 5.60. The van der Waals surface area contributed by atoms with Crippen LogP contribution in [0.5, 0.6) is 0 Å². The minimum atomic E-state index is -0.846. The molecule has 1 saturated heterocycles. The first-order valence-corrected chi connectivity index (χ1v) is 10.3. The first-order chi connectivity index (χ1) is 14.8. The number of aromatic nitrogens is 1. The molecule has 0 saturated carbocycles. The van der Waals surface area contributed by atoms with E-state index < -0.39 is 17.7 Å². The average Bonchev–Trinajstić information content (AvgIpc) is 3.29. The van der Waals surface area contributed by atoms with Crippen LogP contribution in [0.1, 0.15) is 48.3 Å². The van der Waals surface area contributed by atoms with Crippen LogP contribution in [0.25, 0.3) is 5.76 Å². The number of ketones is 1. The van der Waals surface area contributed by atoms with Gasteiger partial charge in [-0.05, 0) is 48.2 Å². The van der Waals surface area contributed by atoms with Gasteiger partial charge in [-0.3, -0.25) is 14.5 Å². The Morgan fingerprint density at radius 3 is 2.29 bits per heavy atom. The monoisotopic (exact) mass is 436 g/mol. The third kappa shape index (κ3) is 3.75. The highest BCUT2D eigenvalue weighted by Gasteiger charge is 2.48. The summed E-state index contributed by atoms with van der Waals surface area (Å²) >= 11 is 5.95. The fourth-order valence-electron chi connectivity index (χ4n) is 3.68. The average molecular weight is 437 g/mol. The van der Waals surface area contributed by atoms with Gasteiger partial charge in [-0.25, -0.2) is 0 Å². The number of Topliss-reactive ketones (excluding diaryl/α,β-unsaturated/α-hetero) is 1. The van der Waals surface area contributed by atoms with Crippen LogP contribution in [-0.2, 0) is 9.59 Å². The molecular weight excluding hydrogens is 416 g/mol. The largest absolute Gasteiger partial charge is 0.507 e. The lowest BCUT2D eigenvalue weighted by Gasteiger charge is -2.23. The molecule has 1 aromatic heterocycles. The Bertz CT molecular complexity index is 1180. The Hall–Kier alpha value is -3.38. The number of rotatable bonds is 4. The molecule has 4 rings (SSSR count). The van der Waals surface area contributed by atoms with E-state index in [4.69, 9.17) is 16.1 Å². The molecule has 158 valence electrons. The zero-order valence-electron chi connectivity index (χ0n) is 17.3. The molecule has 0 spiro atoms. The van der Waals surface area contributed by atoms with Crippen molar-refractivity contribution in [3.05, 3.63) is 87.6 Å². The van der Waals surface area contributed by atoms with Crippen LogP contribution < -0.4 is 4.90 Å². The Morgan fingerprint density at radius 1 is 1.10 bits per heavy atom. The summed E-state index contributed by atoms with van der Waals surface area (Å²) in [5.41, 5.74) is 2.18. The van der Waals surface area contributed by atoms with Gasteiger partial charge in [0, 0.05) is 16.7 Å². The predicted molar refractivity (Wildman–Crippen MR) is 118 cm³/mol. The van der Waals surface area contributed by atoms with Crippen molar-refractivity contribution in [2.75, 3.05) is 4.90 Å². The lowest BCUT2D eigenvalue weighted by Crippen LogP contribution is -2.29. The number of aryl methyl sites for hydroxylation is 1. The number of nitrogens with zero attached hydrogens (tertiary/aromatic N) is 2. The molecule has 6 nitrogen and oxygen atoms in total. The van der Waals surface area contributed by atoms with Crippen molar-refractivity contribution in [2.45, 2.75) is 32.7 Å². The van der Waals surface area contributed by atoms with Crippen molar-refractivity contribution in [1.82, 2.24) is 5.16 Å². The van der Waals surface area contributed by atoms with E-state index >= 15 is 0 Å². The standard InChI is InChI=1S/C24H21ClN2O4/c1-13(2)15-4-6-16(7-5-15)21-20(22(28)17-8-10-18(25)11-9-17)23(29)24(30)27(21)19-12-14(3)31-26-19/h4-13,21,28H,1-3H3/b22-20+/t21-/m1/s1. The highest BCUT2D eigenvalue weighted by molar-refractivity contribution is 6.51. The van der Waals surface area contributed by atoms with Crippen LogP contribution in [0.2, 0.25) is 5.02 Å². The van der Waals surface area contributed by atoms with Crippen LogP contribution in [-0.4, -0.2) is 22.0 Å². The number of anilines is 1. The summed E-state index contributed by atoms with van der Waals surface area (Å²) in [7, 11) is 0. The first-order valence-electron chi connectivity index (χ1n) is 9.88. The van der Waals surface area contributed by atoms with Gasteiger partial charge < -0.3 is 9.63 Å². The maximum absolute atomic E-state index is 13.0. The van der Waals surface area contributed by atoms with Gasteiger partial charge in [0.1, 0.15) is 11.5 Å². The van der Waals surface area contributed by atoms with Gasteiger partial charge in [0.05, 0.1) is 11.6 Å². The van der Waals surface area contributed by atoms with E-state index in [-0.39, 0.29) is 17.2 Å². The molecule has 1 fully saturated rings. The van der Waals surface area contributed by atoms with Crippen molar-refractivity contribution in [3.63, 3.8) is 0 Å². The summed E-state index contributed by atoms with van der Waals surface area (Å²) in [6.07, 6.45) is 0. The van der Waals surface area contributed by atoms with Crippen LogP contribution in [0.15, 0.2) is 64.7 Å². The Morgan fingerprint density at radius 2 is 1.74 bits per heavy atom. The zero-order chi connectivity index (χ0) is 22.3. The number of halogens is 1. The second kappa shape index (κ2) is 8.04. The topological polar surface area (TPSA) is 83.6 Å². The van der Waals surface area contributed by atoms with E-state index in [1.54, 1.807) is 37.3 Å². The van der Waals surface area contributed by atoms with Crippen molar-refractivity contribution in [2.24, 2.45) is 0 Å². The van der Waals surface area contributed by atoms with E-state index in [1.165, 1.54) is 4.90 Å². The molecule has 1 atom stereocenters. The van der Waals surface area contributed by atoms with Gasteiger partial charge >= 0.3 is 5.91 Å². The predicted octanol–water partition coefficient (Wildman–Crippen LogP) is 5.39. The summed E-state index contributed by atoms with van der Waals surface area (Å²) in [5, 5.41) is 15.5. The minimum Gasteiger partial charge on any atom is -0.507 e. The van der Waals surface area contributed by atoms with E-state index in [0.29, 0.717) is 27.8 Å². The quantitative estimate of drug-likeness (QED) is 0.337. The third-order valence-electron chi connectivity index (χ3n) is 5.34. The van der Waals surface area contributed by atoms with Gasteiger partial charge in [-0.15, -0.1) is 0 Å². The molecule has 0 radical (unpaired) electrons. The van der Waals surface area contributed by atoms with Crippen molar-refractivity contribution < 1.29 is 19.2 Å². The number of hydrogen-bond acceptors (Lipinski definition) is 5. The van der Waals surface area contributed by atoms with Gasteiger partial charge in [-0.2, -0.15) is 0 Å². The molecular formula is C24H21ClN2O4. The van der Waals surface area contributed by atoms with E-state index in [9.17, 15) is 14.7 Å².